The van der Waals surface area contributed by atoms with Crippen LogP contribution >= 0.6 is 11.6 Å². The van der Waals surface area contributed by atoms with Gasteiger partial charge in [0.1, 0.15) is 11.6 Å². The normalized spacial score (nSPS) is 11.5. The first-order valence-electron chi connectivity index (χ1n) is 7.50. The summed E-state index contributed by atoms with van der Waals surface area (Å²) in [5.74, 6) is -1.56. The van der Waals surface area contributed by atoms with Gasteiger partial charge in [0, 0.05) is 12.2 Å². The van der Waals surface area contributed by atoms with E-state index < -0.39 is 47.3 Å². The molecule has 25 heavy (non-hydrogen) atoms. The molecule has 0 radical (unpaired) electrons. The van der Waals surface area contributed by atoms with Crippen LogP contribution in [0.15, 0.2) is 17.1 Å². The number of nitrogens with zero attached hydrogens (tertiary/aromatic N) is 1. The first kappa shape index (κ1) is 21.0. The van der Waals surface area contributed by atoms with Crippen molar-refractivity contribution in [3.05, 3.63) is 33.2 Å². The van der Waals surface area contributed by atoms with Crippen molar-refractivity contribution in [2.75, 3.05) is 6.61 Å². The Morgan fingerprint density at radius 2 is 1.92 bits per heavy atom. The van der Waals surface area contributed by atoms with Crippen molar-refractivity contribution in [2.24, 2.45) is 0 Å². The number of ether oxygens (including phenoxy) is 1. The molecule has 0 aliphatic carbocycles. The maximum atomic E-state index is 12.7. The van der Waals surface area contributed by atoms with Crippen LogP contribution in [0, 0.1) is 0 Å². The van der Waals surface area contributed by atoms with Gasteiger partial charge in [-0.3, -0.25) is 14.4 Å². The summed E-state index contributed by atoms with van der Waals surface area (Å²) in [6.07, 6.45) is -2.85. The van der Waals surface area contributed by atoms with Crippen molar-refractivity contribution in [3.8, 4) is 0 Å². The van der Waals surface area contributed by atoms with E-state index in [1.54, 1.807) is 0 Å². The summed E-state index contributed by atoms with van der Waals surface area (Å²) in [6, 6.07) is 0.422. The molecule has 0 bridgehead atoms. The Labute approximate surface area is 146 Å². The molecule has 1 heterocycles. The highest BCUT2D eigenvalue weighted by Crippen LogP contribution is 2.29. The Morgan fingerprint density at radius 1 is 1.32 bits per heavy atom. The van der Waals surface area contributed by atoms with Gasteiger partial charge >= 0.3 is 12.1 Å². The number of hydrogen-bond acceptors (Lipinski definition) is 4. The van der Waals surface area contributed by atoms with Crippen molar-refractivity contribution in [1.82, 2.24) is 9.88 Å². The average molecular weight is 383 g/mol. The first-order valence-corrected chi connectivity index (χ1v) is 7.88. The highest BCUT2D eigenvalue weighted by atomic mass is 35.5. The second-order valence-corrected chi connectivity index (χ2v) is 5.66. The van der Waals surface area contributed by atoms with Gasteiger partial charge in [-0.05, 0) is 18.9 Å². The fourth-order valence-corrected chi connectivity index (χ4v) is 2.19. The van der Waals surface area contributed by atoms with Gasteiger partial charge in [-0.25, -0.2) is 0 Å². The third kappa shape index (κ3) is 6.41. The van der Waals surface area contributed by atoms with E-state index >= 15 is 0 Å². The van der Waals surface area contributed by atoms with E-state index in [1.165, 1.54) is 0 Å². The average Bonchev–Trinajstić information content (AvgIpc) is 2.53. The van der Waals surface area contributed by atoms with Gasteiger partial charge in [0.15, 0.2) is 6.61 Å². The third-order valence-corrected chi connectivity index (χ3v) is 3.65. The molecule has 0 aliphatic heterocycles. The van der Waals surface area contributed by atoms with E-state index in [9.17, 15) is 27.6 Å². The van der Waals surface area contributed by atoms with Crippen LogP contribution in [0.25, 0.3) is 0 Å². The number of alkyl halides is 3. The summed E-state index contributed by atoms with van der Waals surface area (Å²) >= 11 is 5.48. The summed E-state index contributed by atoms with van der Waals surface area (Å²) in [4.78, 5) is 35.0. The summed E-state index contributed by atoms with van der Waals surface area (Å²) in [6.45, 7) is 2.38. The second kappa shape index (κ2) is 8.89. The lowest BCUT2D eigenvalue weighted by Gasteiger charge is -2.15. The van der Waals surface area contributed by atoms with Gasteiger partial charge in [-0.15, -0.1) is 0 Å². The fraction of sp³-hybridized carbons (Fsp3) is 0.533. The van der Waals surface area contributed by atoms with E-state index in [0.29, 0.717) is 29.7 Å². The molecule has 0 aromatic carbocycles. The standard InChI is InChI=1S/C15H18ClF3N2O4/c1-3-10(4-2)20-12(22)8-25-13(23)7-21-6-9(15(17,18)19)5-11(16)14(21)24/h5-6,10H,3-4,7-8H2,1-2H3,(H,20,22). The van der Waals surface area contributed by atoms with Crippen LogP contribution in [0.4, 0.5) is 13.2 Å². The predicted molar refractivity (Wildman–Crippen MR) is 84.2 cm³/mol. The maximum Gasteiger partial charge on any atom is 0.417 e. The van der Waals surface area contributed by atoms with E-state index in [1.807, 2.05) is 13.8 Å². The zero-order valence-electron chi connectivity index (χ0n) is 13.7. The monoisotopic (exact) mass is 382 g/mol. The number of pyridine rings is 1. The van der Waals surface area contributed by atoms with E-state index in [2.05, 4.69) is 10.1 Å². The Morgan fingerprint density at radius 3 is 2.44 bits per heavy atom. The predicted octanol–water partition coefficient (Wildman–Crippen LogP) is 2.37. The Balaban J connectivity index is 2.73. The highest BCUT2D eigenvalue weighted by Gasteiger charge is 2.32. The number of carbonyl (C=O) groups excluding carboxylic acids is 2. The Hall–Kier alpha value is -2.03. The van der Waals surface area contributed by atoms with E-state index in [4.69, 9.17) is 11.6 Å². The molecule has 6 nitrogen and oxygen atoms in total. The number of hydrogen-bond donors (Lipinski definition) is 1. The third-order valence-electron chi connectivity index (χ3n) is 3.38. The summed E-state index contributed by atoms with van der Waals surface area (Å²) in [7, 11) is 0. The van der Waals surface area contributed by atoms with Crippen LogP contribution in [0.3, 0.4) is 0 Å². The molecule has 140 valence electrons. The van der Waals surface area contributed by atoms with Gasteiger partial charge in [0.2, 0.25) is 0 Å². The van der Waals surface area contributed by atoms with E-state index in [-0.39, 0.29) is 6.04 Å². The lowest BCUT2D eigenvalue weighted by atomic mass is 10.2. The van der Waals surface area contributed by atoms with Gasteiger partial charge in [-0.1, -0.05) is 25.4 Å². The summed E-state index contributed by atoms with van der Waals surface area (Å²) in [5, 5.41) is 1.96. The van der Waals surface area contributed by atoms with Crippen molar-refractivity contribution in [1.29, 1.82) is 0 Å². The molecule has 0 atom stereocenters. The number of carbonyl (C=O) groups is 2. The molecule has 0 spiro atoms. The van der Waals surface area contributed by atoms with Gasteiger partial charge in [-0.2, -0.15) is 13.2 Å². The molecule has 10 heteroatoms. The number of aromatic nitrogens is 1. The number of rotatable bonds is 7. The molecule has 1 rings (SSSR count). The molecule has 1 amide bonds. The van der Waals surface area contributed by atoms with Crippen molar-refractivity contribution in [3.63, 3.8) is 0 Å². The number of nitrogens with one attached hydrogen (secondary N) is 1. The second-order valence-electron chi connectivity index (χ2n) is 5.25. The Bertz CT molecular complexity index is 684. The highest BCUT2D eigenvalue weighted by molar-refractivity contribution is 6.30. The maximum absolute atomic E-state index is 12.7. The van der Waals surface area contributed by atoms with Crippen LogP contribution in [-0.4, -0.2) is 29.1 Å². The van der Waals surface area contributed by atoms with Crippen LogP contribution in [0.2, 0.25) is 5.02 Å². The molecule has 0 saturated carbocycles. The molecule has 0 aliphatic rings. The van der Waals surface area contributed by atoms with Crippen molar-refractivity contribution >= 4 is 23.5 Å². The minimum Gasteiger partial charge on any atom is -0.454 e. The lowest BCUT2D eigenvalue weighted by molar-refractivity contribution is -0.149. The van der Waals surface area contributed by atoms with Crippen LogP contribution < -0.4 is 10.9 Å². The fourth-order valence-electron chi connectivity index (χ4n) is 1.96. The number of amides is 1. The lowest BCUT2D eigenvalue weighted by Crippen LogP contribution is -2.37. The van der Waals surface area contributed by atoms with Gasteiger partial charge in [0.25, 0.3) is 11.5 Å². The summed E-state index contributed by atoms with van der Waals surface area (Å²) in [5.41, 5.74) is -2.13. The molecular formula is C15H18ClF3N2O4. The molecular weight excluding hydrogens is 365 g/mol. The molecule has 0 unspecified atom stereocenters. The minimum absolute atomic E-state index is 0.0592. The van der Waals surface area contributed by atoms with Crippen LogP contribution in [0.5, 0.6) is 0 Å². The van der Waals surface area contributed by atoms with Crippen LogP contribution in [-0.2, 0) is 27.0 Å². The minimum atomic E-state index is -4.72. The summed E-state index contributed by atoms with van der Waals surface area (Å²) < 4.78 is 43.3. The van der Waals surface area contributed by atoms with Crippen molar-refractivity contribution < 1.29 is 27.5 Å². The molecule has 1 aromatic rings. The molecule has 1 aromatic heterocycles. The van der Waals surface area contributed by atoms with Gasteiger partial charge in [0.05, 0.1) is 5.56 Å². The smallest absolute Gasteiger partial charge is 0.417 e. The number of esters is 1. The number of halogens is 4. The Kier molecular flexibility index (Phi) is 7.47. The molecule has 0 saturated heterocycles. The first-order chi connectivity index (χ1) is 11.6. The zero-order chi connectivity index (χ0) is 19.2. The quantitative estimate of drug-likeness (QED) is 0.734. The van der Waals surface area contributed by atoms with E-state index in [0.717, 1.165) is 0 Å². The van der Waals surface area contributed by atoms with Crippen LogP contribution in [0.1, 0.15) is 32.3 Å². The zero-order valence-corrected chi connectivity index (χ0v) is 14.4. The van der Waals surface area contributed by atoms with Crippen molar-refractivity contribution in [2.45, 2.75) is 45.5 Å². The SMILES string of the molecule is CCC(CC)NC(=O)COC(=O)Cn1cc(C(F)(F)F)cc(Cl)c1=O. The molecule has 1 N–H and O–H groups in total. The van der Waals surface area contributed by atoms with Gasteiger partial charge < -0.3 is 14.6 Å². The largest absolute Gasteiger partial charge is 0.454 e. The topological polar surface area (TPSA) is 77.4 Å². The molecule has 0 fully saturated rings.